The molecule has 5 heteroatoms. The van der Waals surface area contributed by atoms with Crippen molar-refractivity contribution >= 4 is 17.7 Å². The van der Waals surface area contributed by atoms with E-state index in [2.05, 4.69) is 24.1 Å². The quantitative estimate of drug-likeness (QED) is 0.848. The normalized spacial score (nSPS) is 32.0. The zero-order valence-electron chi connectivity index (χ0n) is 13.1. The van der Waals surface area contributed by atoms with Crippen molar-refractivity contribution in [3.05, 3.63) is 0 Å². The lowest BCUT2D eigenvalue weighted by Crippen LogP contribution is -2.51. The Hall–Kier alpha value is -0.260. The number of nitrogens with zero attached hydrogens (tertiary/aromatic N) is 2. The van der Waals surface area contributed by atoms with Crippen LogP contribution in [0.2, 0.25) is 0 Å². The first-order valence-corrected chi connectivity index (χ1v) is 9.06. The van der Waals surface area contributed by atoms with Gasteiger partial charge in [0.05, 0.1) is 0 Å². The summed E-state index contributed by atoms with van der Waals surface area (Å²) in [6, 6.07) is 0.788. The van der Waals surface area contributed by atoms with Gasteiger partial charge in [-0.05, 0) is 18.9 Å². The lowest BCUT2D eigenvalue weighted by atomic mass is 9.92. The van der Waals surface area contributed by atoms with Crippen molar-refractivity contribution in [3.8, 4) is 0 Å². The molecule has 0 aliphatic carbocycles. The first-order chi connectivity index (χ1) is 9.61. The summed E-state index contributed by atoms with van der Waals surface area (Å²) in [7, 11) is 2.00. The first kappa shape index (κ1) is 16.1. The van der Waals surface area contributed by atoms with Crippen molar-refractivity contribution in [1.29, 1.82) is 0 Å². The van der Waals surface area contributed by atoms with Crippen LogP contribution in [0.1, 0.15) is 26.7 Å². The highest BCUT2D eigenvalue weighted by Crippen LogP contribution is 2.22. The van der Waals surface area contributed by atoms with E-state index in [0.717, 1.165) is 38.4 Å². The van der Waals surface area contributed by atoms with E-state index in [1.165, 1.54) is 5.75 Å². The number of amides is 1. The molecule has 2 heterocycles. The second kappa shape index (κ2) is 7.66. The van der Waals surface area contributed by atoms with Crippen LogP contribution in [-0.4, -0.2) is 72.5 Å². The molecule has 0 saturated carbocycles. The predicted octanol–water partition coefficient (Wildman–Crippen LogP) is 1.27. The minimum atomic E-state index is 0.312. The summed E-state index contributed by atoms with van der Waals surface area (Å²) >= 11 is 1.96. The highest BCUT2D eigenvalue weighted by atomic mass is 32.2. The Morgan fingerprint density at radius 1 is 1.50 bits per heavy atom. The fourth-order valence-electron chi connectivity index (χ4n) is 3.37. The van der Waals surface area contributed by atoms with Crippen molar-refractivity contribution in [1.82, 2.24) is 15.1 Å². The van der Waals surface area contributed by atoms with Crippen molar-refractivity contribution in [2.45, 2.75) is 38.8 Å². The van der Waals surface area contributed by atoms with E-state index in [0.29, 0.717) is 30.3 Å². The summed E-state index contributed by atoms with van der Waals surface area (Å²) in [5.41, 5.74) is 0. The lowest BCUT2D eigenvalue weighted by molar-refractivity contribution is -0.134. The number of rotatable bonds is 4. The largest absolute Gasteiger partial charge is 0.342 e. The third-order valence-electron chi connectivity index (χ3n) is 4.70. The Labute approximate surface area is 127 Å². The zero-order chi connectivity index (χ0) is 14.5. The van der Waals surface area contributed by atoms with Gasteiger partial charge in [0.2, 0.25) is 5.91 Å². The van der Waals surface area contributed by atoms with Gasteiger partial charge in [-0.25, -0.2) is 0 Å². The summed E-state index contributed by atoms with van der Waals surface area (Å²) in [4.78, 5) is 17.0. The molecule has 2 fully saturated rings. The molecule has 0 spiro atoms. The third kappa shape index (κ3) is 4.12. The molecule has 3 atom stereocenters. The van der Waals surface area contributed by atoms with Crippen LogP contribution in [0.4, 0.5) is 0 Å². The Bertz CT molecular complexity index is 320. The Kier molecular flexibility index (Phi) is 6.18. The van der Waals surface area contributed by atoms with Crippen molar-refractivity contribution in [3.63, 3.8) is 0 Å². The van der Waals surface area contributed by atoms with Crippen LogP contribution in [0.5, 0.6) is 0 Å². The fourth-order valence-corrected chi connectivity index (χ4v) is 4.32. The van der Waals surface area contributed by atoms with Gasteiger partial charge in [-0.2, -0.15) is 11.8 Å². The molecule has 0 radical (unpaired) electrons. The van der Waals surface area contributed by atoms with Gasteiger partial charge in [0.15, 0.2) is 0 Å². The number of likely N-dealkylation sites (tertiary alicyclic amines) is 1. The van der Waals surface area contributed by atoms with Crippen molar-refractivity contribution in [2.75, 3.05) is 44.7 Å². The van der Waals surface area contributed by atoms with Crippen LogP contribution in [0.25, 0.3) is 0 Å². The minimum Gasteiger partial charge on any atom is -0.342 e. The summed E-state index contributed by atoms with van der Waals surface area (Å²) in [5.74, 6) is 3.13. The molecule has 2 rings (SSSR count). The summed E-state index contributed by atoms with van der Waals surface area (Å²) in [6.45, 7) is 8.91. The fraction of sp³-hybridized carbons (Fsp3) is 0.933. The van der Waals surface area contributed by atoms with E-state index < -0.39 is 0 Å². The lowest BCUT2D eigenvalue weighted by Gasteiger charge is -2.41. The van der Waals surface area contributed by atoms with Crippen LogP contribution in [-0.2, 0) is 4.79 Å². The molecule has 2 aliphatic heterocycles. The summed E-state index contributed by atoms with van der Waals surface area (Å²) in [6.07, 6.45) is 1.77. The Balaban J connectivity index is 1.83. The number of nitrogens with one attached hydrogen (secondary N) is 1. The Morgan fingerprint density at radius 2 is 2.30 bits per heavy atom. The molecule has 0 aromatic rings. The molecule has 2 saturated heterocycles. The highest BCUT2D eigenvalue weighted by molar-refractivity contribution is 7.99. The van der Waals surface area contributed by atoms with Gasteiger partial charge in [0, 0.05) is 56.7 Å². The monoisotopic (exact) mass is 299 g/mol. The maximum atomic E-state index is 12.5. The van der Waals surface area contributed by atoms with Gasteiger partial charge in [-0.1, -0.05) is 13.8 Å². The number of thioether (sulfide) groups is 1. The first-order valence-electron chi connectivity index (χ1n) is 7.91. The molecular formula is C15H29N3OS. The molecule has 0 aromatic heterocycles. The smallest absolute Gasteiger partial charge is 0.224 e. The van der Waals surface area contributed by atoms with Gasteiger partial charge in [-0.3, -0.25) is 4.79 Å². The molecule has 0 aromatic carbocycles. The summed E-state index contributed by atoms with van der Waals surface area (Å²) in [5, 5.41) is 3.46. The van der Waals surface area contributed by atoms with Crippen LogP contribution in [0, 0.1) is 5.92 Å². The molecule has 20 heavy (non-hydrogen) atoms. The highest BCUT2D eigenvalue weighted by Gasteiger charge is 2.31. The molecule has 1 amide bonds. The SMILES string of the molecule is CCN1CCC(N(C)C(=O)CC2CSCCN2)C(C)C1. The summed E-state index contributed by atoms with van der Waals surface area (Å²) < 4.78 is 0. The van der Waals surface area contributed by atoms with E-state index in [9.17, 15) is 4.79 Å². The molecule has 4 nitrogen and oxygen atoms in total. The maximum absolute atomic E-state index is 12.5. The topological polar surface area (TPSA) is 35.6 Å². The van der Waals surface area contributed by atoms with Crippen LogP contribution in [0.3, 0.4) is 0 Å². The number of carbonyl (C=O) groups excluding carboxylic acids is 1. The van der Waals surface area contributed by atoms with Gasteiger partial charge in [0.1, 0.15) is 0 Å². The van der Waals surface area contributed by atoms with E-state index in [4.69, 9.17) is 0 Å². The molecule has 2 aliphatic rings. The average Bonchev–Trinajstić information content (AvgIpc) is 2.47. The van der Waals surface area contributed by atoms with Crippen LogP contribution >= 0.6 is 11.8 Å². The van der Waals surface area contributed by atoms with Crippen molar-refractivity contribution < 1.29 is 4.79 Å². The number of carbonyl (C=O) groups is 1. The predicted molar refractivity (Wildman–Crippen MR) is 86.2 cm³/mol. The third-order valence-corrected chi connectivity index (χ3v) is 5.83. The Morgan fingerprint density at radius 3 is 2.90 bits per heavy atom. The van der Waals surface area contributed by atoms with Gasteiger partial charge in [-0.15, -0.1) is 0 Å². The number of piperidine rings is 1. The van der Waals surface area contributed by atoms with Gasteiger partial charge in [0.25, 0.3) is 0 Å². The van der Waals surface area contributed by atoms with Crippen molar-refractivity contribution in [2.24, 2.45) is 5.92 Å². The van der Waals surface area contributed by atoms with Crippen LogP contribution in [0.15, 0.2) is 0 Å². The second-order valence-corrected chi connectivity index (χ2v) is 7.31. The van der Waals surface area contributed by atoms with E-state index in [1.54, 1.807) is 0 Å². The van der Waals surface area contributed by atoms with Gasteiger partial charge < -0.3 is 15.1 Å². The minimum absolute atomic E-state index is 0.312. The van der Waals surface area contributed by atoms with E-state index in [-0.39, 0.29) is 0 Å². The average molecular weight is 299 g/mol. The van der Waals surface area contributed by atoms with E-state index >= 15 is 0 Å². The van der Waals surface area contributed by atoms with Crippen LogP contribution < -0.4 is 5.32 Å². The zero-order valence-corrected chi connectivity index (χ0v) is 13.9. The number of hydrogen-bond donors (Lipinski definition) is 1. The van der Waals surface area contributed by atoms with E-state index in [1.807, 2.05) is 23.7 Å². The molecular weight excluding hydrogens is 270 g/mol. The number of hydrogen-bond acceptors (Lipinski definition) is 4. The molecule has 1 N–H and O–H groups in total. The molecule has 116 valence electrons. The maximum Gasteiger partial charge on any atom is 0.224 e. The second-order valence-electron chi connectivity index (χ2n) is 6.16. The van der Waals surface area contributed by atoms with Gasteiger partial charge >= 0.3 is 0 Å². The molecule has 3 unspecified atom stereocenters. The standard InChI is InChI=1S/C15H29N3OS/c1-4-18-7-5-14(12(2)10-18)17(3)15(19)9-13-11-20-8-6-16-13/h12-14,16H,4-11H2,1-3H3. The molecule has 0 bridgehead atoms.